The Kier molecular flexibility index (Phi) is 8.51. The first-order valence-corrected chi connectivity index (χ1v) is 11.7. The summed E-state index contributed by atoms with van der Waals surface area (Å²) in [4.78, 5) is 0. The molecule has 0 aliphatic heterocycles. The number of hydrogen-bond acceptors (Lipinski definition) is 2. The van der Waals surface area contributed by atoms with Crippen LogP contribution < -0.4 is 0 Å². The minimum Gasteiger partial charge on any atom is -0.155 e. The molecule has 0 radical (unpaired) electrons. The Morgan fingerprint density at radius 3 is 2.14 bits per heavy atom. The third kappa shape index (κ3) is 6.43. The maximum absolute atomic E-state index is 4.46. The molecule has 0 N–H and O–H groups in total. The number of hydrogen-bond donors (Lipinski definition) is 0. The maximum atomic E-state index is 4.46. The zero-order chi connectivity index (χ0) is 19.6. The van der Waals surface area contributed by atoms with Gasteiger partial charge in [-0.25, -0.2) is 0 Å². The Balaban J connectivity index is 1.46. The van der Waals surface area contributed by atoms with E-state index in [9.17, 15) is 0 Å². The van der Waals surface area contributed by atoms with Crippen molar-refractivity contribution in [3.05, 3.63) is 47.7 Å². The van der Waals surface area contributed by atoms with Crippen molar-refractivity contribution in [2.45, 2.75) is 90.9 Å². The lowest BCUT2D eigenvalue weighted by atomic mass is 9.78. The summed E-state index contributed by atoms with van der Waals surface area (Å²) < 4.78 is 0. The van der Waals surface area contributed by atoms with Crippen LogP contribution in [0.25, 0.3) is 11.3 Å². The standard InChI is InChI=1S/C26H38N2/c1-3-5-6-7-8-25-19-20-26(28-27-25)24-17-15-23(16-18-24)14-13-22-11-9-21(4-2)10-12-22/h15-22H,3-14H2,1-2H3. The second-order valence-corrected chi connectivity index (χ2v) is 8.75. The van der Waals surface area contributed by atoms with Crippen molar-refractivity contribution in [1.82, 2.24) is 10.2 Å². The Morgan fingerprint density at radius 1 is 0.750 bits per heavy atom. The fourth-order valence-corrected chi connectivity index (χ4v) is 4.52. The normalized spacial score (nSPS) is 19.6. The lowest BCUT2D eigenvalue weighted by Crippen LogP contribution is -2.14. The first-order chi connectivity index (χ1) is 13.8. The molecule has 1 aliphatic rings. The Bertz CT molecular complexity index is 667. The summed E-state index contributed by atoms with van der Waals surface area (Å²) in [5.41, 5.74) is 4.75. The van der Waals surface area contributed by atoms with Crippen molar-refractivity contribution < 1.29 is 0 Å². The fourth-order valence-electron chi connectivity index (χ4n) is 4.52. The molecule has 1 saturated carbocycles. The predicted octanol–water partition coefficient (Wildman–Crippen LogP) is 7.42. The van der Waals surface area contributed by atoms with Gasteiger partial charge in [-0.2, -0.15) is 10.2 Å². The van der Waals surface area contributed by atoms with Gasteiger partial charge in [0.25, 0.3) is 0 Å². The average molecular weight is 379 g/mol. The molecule has 1 heterocycles. The van der Waals surface area contributed by atoms with Crippen LogP contribution in [0.3, 0.4) is 0 Å². The highest BCUT2D eigenvalue weighted by atomic mass is 15.1. The van der Waals surface area contributed by atoms with E-state index in [1.807, 2.05) is 0 Å². The maximum Gasteiger partial charge on any atom is 0.0929 e. The highest BCUT2D eigenvalue weighted by Crippen LogP contribution is 2.33. The molecule has 0 bridgehead atoms. The third-order valence-corrected chi connectivity index (χ3v) is 6.64. The van der Waals surface area contributed by atoms with Crippen molar-refractivity contribution in [2.24, 2.45) is 11.8 Å². The van der Waals surface area contributed by atoms with Gasteiger partial charge in [0.1, 0.15) is 0 Å². The van der Waals surface area contributed by atoms with E-state index in [2.05, 4.69) is 60.4 Å². The van der Waals surface area contributed by atoms with Crippen molar-refractivity contribution in [3.8, 4) is 11.3 Å². The number of benzene rings is 1. The summed E-state index contributed by atoms with van der Waals surface area (Å²) in [5, 5.41) is 8.90. The second-order valence-electron chi connectivity index (χ2n) is 8.75. The smallest absolute Gasteiger partial charge is 0.0929 e. The van der Waals surface area contributed by atoms with E-state index in [0.29, 0.717) is 0 Å². The van der Waals surface area contributed by atoms with Crippen molar-refractivity contribution in [1.29, 1.82) is 0 Å². The Hall–Kier alpha value is -1.70. The largest absolute Gasteiger partial charge is 0.155 e. The van der Waals surface area contributed by atoms with Crippen LogP contribution in [0.15, 0.2) is 36.4 Å². The molecule has 1 aliphatic carbocycles. The molecule has 3 rings (SSSR count). The molecule has 1 aromatic heterocycles. The Morgan fingerprint density at radius 2 is 1.50 bits per heavy atom. The molecule has 0 amide bonds. The van der Waals surface area contributed by atoms with Crippen LogP contribution >= 0.6 is 0 Å². The van der Waals surface area contributed by atoms with E-state index in [1.165, 1.54) is 81.8 Å². The van der Waals surface area contributed by atoms with E-state index >= 15 is 0 Å². The molecule has 0 spiro atoms. The van der Waals surface area contributed by atoms with E-state index < -0.39 is 0 Å². The van der Waals surface area contributed by atoms with E-state index in [-0.39, 0.29) is 0 Å². The molecule has 2 heteroatoms. The lowest BCUT2D eigenvalue weighted by molar-refractivity contribution is 0.259. The number of aryl methyl sites for hydroxylation is 2. The number of rotatable bonds is 10. The van der Waals surface area contributed by atoms with Gasteiger partial charge in [-0.3, -0.25) is 0 Å². The van der Waals surface area contributed by atoms with Gasteiger partial charge < -0.3 is 0 Å². The highest BCUT2D eigenvalue weighted by Gasteiger charge is 2.19. The van der Waals surface area contributed by atoms with Gasteiger partial charge in [0.2, 0.25) is 0 Å². The van der Waals surface area contributed by atoms with E-state index in [1.54, 1.807) is 0 Å². The van der Waals surface area contributed by atoms with Gasteiger partial charge in [0.05, 0.1) is 11.4 Å². The number of nitrogens with zero attached hydrogens (tertiary/aromatic N) is 2. The molecule has 0 unspecified atom stereocenters. The minimum absolute atomic E-state index is 0.943. The first kappa shape index (κ1) is 21.0. The molecule has 1 aromatic carbocycles. The van der Waals surface area contributed by atoms with Crippen LogP contribution in [0.5, 0.6) is 0 Å². The van der Waals surface area contributed by atoms with Crippen LogP contribution in [-0.4, -0.2) is 10.2 Å². The van der Waals surface area contributed by atoms with Crippen LogP contribution in [0.4, 0.5) is 0 Å². The molecule has 2 nitrogen and oxygen atoms in total. The van der Waals surface area contributed by atoms with Crippen LogP contribution in [0.2, 0.25) is 0 Å². The number of unbranched alkanes of at least 4 members (excludes halogenated alkanes) is 3. The van der Waals surface area contributed by atoms with Crippen molar-refractivity contribution >= 4 is 0 Å². The zero-order valence-electron chi connectivity index (χ0n) is 18.0. The van der Waals surface area contributed by atoms with Crippen LogP contribution in [0.1, 0.15) is 89.3 Å². The summed E-state index contributed by atoms with van der Waals surface area (Å²) in [6.07, 6.45) is 15.9. The quantitative estimate of drug-likeness (QED) is 0.402. The molecule has 0 atom stereocenters. The van der Waals surface area contributed by atoms with Crippen molar-refractivity contribution in [2.75, 3.05) is 0 Å². The highest BCUT2D eigenvalue weighted by molar-refractivity contribution is 5.58. The zero-order valence-corrected chi connectivity index (χ0v) is 18.0. The molecule has 28 heavy (non-hydrogen) atoms. The number of aromatic nitrogens is 2. The fraction of sp³-hybridized carbons (Fsp3) is 0.615. The summed E-state index contributed by atoms with van der Waals surface area (Å²) >= 11 is 0. The molecule has 1 fully saturated rings. The van der Waals surface area contributed by atoms with Gasteiger partial charge >= 0.3 is 0 Å². The SMILES string of the molecule is CCCCCCc1ccc(-c2ccc(CCC3CCC(CC)CC3)cc2)nn1. The van der Waals surface area contributed by atoms with Gasteiger partial charge in [-0.05, 0) is 55.2 Å². The van der Waals surface area contributed by atoms with Gasteiger partial charge in [-0.15, -0.1) is 0 Å². The Labute approximate surface area is 172 Å². The van der Waals surface area contributed by atoms with Crippen LogP contribution in [-0.2, 0) is 12.8 Å². The van der Waals surface area contributed by atoms with Gasteiger partial charge in [0, 0.05) is 5.56 Å². The first-order valence-electron chi connectivity index (χ1n) is 11.7. The minimum atomic E-state index is 0.943. The third-order valence-electron chi connectivity index (χ3n) is 6.64. The van der Waals surface area contributed by atoms with Gasteiger partial charge in [0.15, 0.2) is 0 Å². The van der Waals surface area contributed by atoms with Gasteiger partial charge in [-0.1, -0.05) is 89.5 Å². The van der Waals surface area contributed by atoms with E-state index in [4.69, 9.17) is 0 Å². The average Bonchev–Trinajstić information content (AvgIpc) is 2.76. The summed E-state index contributed by atoms with van der Waals surface area (Å²) in [5.74, 6) is 1.94. The molecular formula is C26H38N2. The molecule has 2 aromatic rings. The topological polar surface area (TPSA) is 25.8 Å². The summed E-state index contributed by atoms with van der Waals surface area (Å²) in [6.45, 7) is 4.59. The second kappa shape index (κ2) is 11.3. The summed E-state index contributed by atoms with van der Waals surface area (Å²) in [6, 6.07) is 13.3. The molecule has 152 valence electrons. The van der Waals surface area contributed by atoms with E-state index in [0.717, 1.165) is 29.6 Å². The van der Waals surface area contributed by atoms with Crippen molar-refractivity contribution in [3.63, 3.8) is 0 Å². The molecular weight excluding hydrogens is 340 g/mol. The lowest BCUT2D eigenvalue weighted by Gasteiger charge is -2.27. The summed E-state index contributed by atoms with van der Waals surface area (Å²) in [7, 11) is 0. The molecule has 0 saturated heterocycles. The predicted molar refractivity (Wildman–Crippen MR) is 119 cm³/mol. The monoisotopic (exact) mass is 378 g/mol. The van der Waals surface area contributed by atoms with Crippen LogP contribution in [0, 0.1) is 11.8 Å².